The molecule has 0 aliphatic carbocycles. The van der Waals surface area contributed by atoms with E-state index in [9.17, 15) is 9.90 Å². The van der Waals surface area contributed by atoms with Crippen LogP contribution in [-0.2, 0) is 0 Å². The Morgan fingerprint density at radius 1 is 1.38 bits per heavy atom. The molecule has 0 unspecified atom stereocenters. The summed E-state index contributed by atoms with van der Waals surface area (Å²) in [7, 11) is 1.54. The second-order valence-corrected chi connectivity index (χ2v) is 6.18. The van der Waals surface area contributed by atoms with Crippen LogP contribution in [-0.4, -0.2) is 41.7 Å². The number of nitrogens with zero attached hydrogens (tertiary/aromatic N) is 1. The maximum atomic E-state index is 12.5. The molecule has 1 fully saturated rings. The van der Waals surface area contributed by atoms with E-state index in [1.165, 1.54) is 7.11 Å². The van der Waals surface area contributed by atoms with Crippen molar-refractivity contribution < 1.29 is 14.6 Å². The van der Waals surface area contributed by atoms with Crippen molar-refractivity contribution in [1.82, 2.24) is 4.90 Å². The second kappa shape index (κ2) is 5.93. The predicted molar refractivity (Wildman–Crippen MR) is 82.3 cm³/mol. The molecule has 116 valence electrons. The van der Waals surface area contributed by atoms with Gasteiger partial charge in [-0.15, -0.1) is 0 Å². The first kappa shape index (κ1) is 15.6. The zero-order valence-corrected chi connectivity index (χ0v) is 12.9. The third kappa shape index (κ3) is 3.47. The summed E-state index contributed by atoms with van der Waals surface area (Å²) in [5.74, 6) is 0.747. The zero-order valence-electron chi connectivity index (χ0n) is 12.9. The first-order valence-electron chi connectivity index (χ1n) is 7.28. The number of ether oxygens (including phenoxy) is 1. The summed E-state index contributed by atoms with van der Waals surface area (Å²) in [5, 5.41) is 10.0. The molecule has 1 aromatic carbocycles. The molecule has 1 amide bonds. The van der Waals surface area contributed by atoms with Gasteiger partial charge in [-0.3, -0.25) is 4.79 Å². The average Bonchev–Trinajstić information content (AvgIpc) is 2.46. The van der Waals surface area contributed by atoms with E-state index in [1.54, 1.807) is 18.2 Å². The largest absolute Gasteiger partial charge is 0.495 e. The highest BCUT2D eigenvalue weighted by Gasteiger charge is 2.32. The Kier molecular flexibility index (Phi) is 4.42. The summed E-state index contributed by atoms with van der Waals surface area (Å²) in [6.07, 6.45) is 1.64. The lowest BCUT2D eigenvalue weighted by Gasteiger charge is -2.37. The average molecular weight is 292 g/mol. The summed E-state index contributed by atoms with van der Waals surface area (Å²) in [5.41, 5.74) is 6.19. The van der Waals surface area contributed by atoms with E-state index >= 15 is 0 Å². The van der Waals surface area contributed by atoms with Gasteiger partial charge in [-0.05, 0) is 50.8 Å². The number of piperidine rings is 1. The molecule has 0 radical (unpaired) electrons. The highest BCUT2D eigenvalue weighted by atomic mass is 16.5. The number of benzene rings is 1. The van der Waals surface area contributed by atoms with Crippen molar-refractivity contribution in [3.63, 3.8) is 0 Å². The number of carbonyl (C=O) groups is 1. The molecule has 0 bridgehead atoms. The quantitative estimate of drug-likeness (QED) is 0.834. The molecular weight excluding hydrogens is 268 g/mol. The molecule has 21 heavy (non-hydrogen) atoms. The minimum Gasteiger partial charge on any atom is -0.495 e. The lowest BCUT2D eigenvalue weighted by atomic mass is 9.83. The number of anilines is 1. The third-order valence-corrected chi connectivity index (χ3v) is 4.26. The summed E-state index contributed by atoms with van der Waals surface area (Å²) >= 11 is 0. The van der Waals surface area contributed by atoms with Gasteiger partial charge in [-0.1, -0.05) is 0 Å². The van der Waals surface area contributed by atoms with Gasteiger partial charge in [-0.25, -0.2) is 0 Å². The van der Waals surface area contributed by atoms with Crippen LogP contribution in [0.5, 0.6) is 5.75 Å². The number of amides is 1. The Balaban J connectivity index is 2.05. The van der Waals surface area contributed by atoms with Gasteiger partial charge in [0.05, 0.1) is 18.4 Å². The molecule has 1 aliphatic rings. The summed E-state index contributed by atoms with van der Waals surface area (Å²) in [4.78, 5) is 14.3. The van der Waals surface area contributed by atoms with E-state index in [1.807, 2.05) is 18.7 Å². The Hall–Kier alpha value is -1.75. The Bertz CT molecular complexity index is 515. The van der Waals surface area contributed by atoms with E-state index in [0.717, 1.165) is 12.8 Å². The third-order valence-electron chi connectivity index (χ3n) is 4.26. The van der Waals surface area contributed by atoms with Gasteiger partial charge in [0.2, 0.25) is 0 Å². The van der Waals surface area contributed by atoms with Gasteiger partial charge in [0, 0.05) is 18.7 Å². The maximum Gasteiger partial charge on any atom is 0.253 e. The fourth-order valence-corrected chi connectivity index (χ4v) is 2.82. The number of methoxy groups -OCH3 is 1. The Morgan fingerprint density at radius 2 is 2.00 bits per heavy atom. The molecule has 5 heteroatoms. The smallest absolute Gasteiger partial charge is 0.253 e. The van der Waals surface area contributed by atoms with Crippen molar-refractivity contribution in [2.24, 2.45) is 5.92 Å². The van der Waals surface area contributed by atoms with Crippen molar-refractivity contribution in [1.29, 1.82) is 0 Å². The molecule has 0 aromatic heterocycles. The van der Waals surface area contributed by atoms with Crippen LogP contribution in [0.15, 0.2) is 18.2 Å². The van der Waals surface area contributed by atoms with Crippen molar-refractivity contribution in [2.45, 2.75) is 32.3 Å². The van der Waals surface area contributed by atoms with Gasteiger partial charge in [0.15, 0.2) is 0 Å². The van der Waals surface area contributed by atoms with Crippen LogP contribution < -0.4 is 10.5 Å². The summed E-state index contributed by atoms with van der Waals surface area (Å²) in [6.45, 7) is 5.00. The first-order valence-corrected chi connectivity index (χ1v) is 7.28. The standard InChI is InChI=1S/C16H24N2O3/c1-16(2,20)12-6-8-18(9-7-12)15(19)11-4-5-13(17)14(10-11)21-3/h4-5,10,12,20H,6-9,17H2,1-3H3. The SMILES string of the molecule is COc1cc(C(=O)N2CCC(C(C)(C)O)CC2)ccc1N. The highest BCUT2D eigenvalue weighted by molar-refractivity contribution is 5.95. The number of likely N-dealkylation sites (tertiary alicyclic amines) is 1. The number of aliphatic hydroxyl groups is 1. The minimum absolute atomic E-state index is 0.0116. The number of hydrogen-bond donors (Lipinski definition) is 2. The number of hydrogen-bond acceptors (Lipinski definition) is 4. The van der Waals surface area contributed by atoms with Crippen LogP contribution in [0.1, 0.15) is 37.0 Å². The summed E-state index contributed by atoms with van der Waals surface area (Å²) < 4.78 is 5.16. The fraction of sp³-hybridized carbons (Fsp3) is 0.562. The molecule has 1 aliphatic heterocycles. The fourth-order valence-electron chi connectivity index (χ4n) is 2.82. The lowest BCUT2D eigenvalue weighted by Crippen LogP contribution is -2.44. The van der Waals surface area contributed by atoms with Crippen LogP contribution in [0.4, 0.5) is 5.69 Å². The van der Waals surface area contributed by atoms with Crippen molar-refractivity contribution in [2.75, 3.05) is 25.9 Å². The predicted octanol–water partition coefficient (Wildman–Crippen LogP) is 1.90. The van der Waals surface area contributed by atoms with Crippen LogP contribution in [0, 0.1) is 5.92 Å². The molecule has 0 atom stereocenters. The van der Waals surface area contributed by atoms with Gasteiger partial charge in [0.25, 0.3) is 5.91 Å². The van der Waals surface area contributed by atoms with Crippen LogP contribution in [0.2, 0.25) is 0 Å². The number of carbonyl (C=O) groups excluding carboxylic acids is 1. The molecule has 2 rings (SSSR count). The monoisotopic (exact) mass is 292 g/mol. The normalized spacial score (nSPS) is 16.9. The Morgan fingerprint density at radius 3 is 2.52 bits per heavy atom. The maximum absolute atomic E-state index is 12.5. The van der Waals surface area contributed by atoms with Gasteiger partial charge < -0.3 is 20.5 Å². The number of rotatable bonds is 3. The molecular formula is C16H24N2O3. The van der Waals surface area contributed by atoms with Gasteiger partial charge >= 0.3 is 0 Å². The second-order valence-electron chi connectivity index (χ2n) is 6.18. The van der Waals surface area contributed by atoms with Crippen LogP contribution in [0.25, 0.3) is 0 Å². The van der Waals surface area contributed by atoms with E-state index in [-0.39, 0.29) is 11.8 Å². The number of nitrogen functional groups attached to an aromatic ring is 1. The highest BCUT2D eigenvalue weighted by Crippen LogP contribution is 2.29. The molecule has 1 saturated heterocycles. The molecule has 1 heterocycles. The Labute approximate surface area is 125 Å². The van der Waals surface area contributed by atoms with Crippen molar-refractivity contribution in [3.8, 4) is 5.75 Å². The van der Waals surface area contributed by atoms with Gasteiger partial charge in [0.1, 0.15) is 5.75 Å². The van der Waals surface area contributed by atoms with Crippen LogP contribution >= 0.6 is 0 Å². The minimum atomic E-state index is -0.681. The molecule has 3 N–H and O–H groups in total. The number of nitrogens with two attached hydrogens (primary N) is 1. The van der Waals surface area contributed by atoms with Crippen LogP contribution in [0.3, 0.4) is 0 Å². The molecule has 1 aromatic rings. The summed E-state index contributed by atoms with van der Waals surface area (Å²) in [6, 6.07) is 5.09. The van der Waals surface area contributed by atoms with Crippen molar-refractivity contribution >= 4 is 11.6 Å². The van der Waals surface area contributed by atoms with E-state index in [4.69, 9.17) is 10.5 Å². The van der Waals surface area contributed by atoms with Crippen molar-refractivity contribution in [3.05, 3.63) is 23.8 Å². The van der Waals surface area contributed by atoms with E-state index in [0.29, 0.717) is 30.1 Å². The van der Waals surface area contributed by atoms with E-state index < -0.39 is 5.60 Å². The zero-order chi connectivity index (χ0) is 15.6. The molecule has 5 nitrogen and oxygen atoms in total. The molecule has 0 spiro atoms. The van der Waals surface area contributed by atoms with Gasteiger partial charge in [-0.2, -0.15) is 0 Å². The topological polar surface area (TPSA) is 75.8 Å². The molecule has 0 saturated carbocycles. The van der Waals surface area contributed by atoms with E-state index in [2.05, 4.69) is 0 Å². The first-order chi connectivity index (χ1) is 9.82. The lowest BCUT2D eigenvalue weighted by molar-refractivity contribution is -0.0108.